The second-order valence-electron chi connectivity index (χ2n) is 9.08. The van der Waals surface area contributed by atoms with Crippen LogP contribution >= 0.6 is 0 Å². The molecule has 33 heavy (non-hydrogen) atoms. The number of methoxy groups -OCH3 is 1. The molecule has 0 aromatic heterocycles. The summed E-state index contributed by atoms with van der Waals surface area (Å²) in [6.07, 6.45) is 0.954. The number of carbonyl (C=O) groups is 2. The molecule has 1 atom stereocenters. The molecule has 2 heterocycles. The van der Waals surface area contributed by atoms with Gasteiger partial charge in [-0.1, -0.05) is 62.4 Å². The summed E-state index contributed by atoms with van der Waals surface area (Å²) in [6, 6.07) is 23.6. The largest absolute Gasteiger partial charge is 0.497 e. The molecule has 0 radical (unpaired) electrons. The fourth-order valence-electron chi connectivity index (χ4n) is 5.14. The van der Waals surface area contributed by atoms with Gasteiger partial charge in [0.25, 0.3) is 5.91 Å². The van der Waals surface area contributed by atoms with E-state index in [9.17, 15) is 9.59 Å². The lowest BCUT2D eigenvalue weighted by atomic mass is 9.88. The molecule has 0 aliphatic carbocycles. The first-order valence-corrected chi connectivity index (χ1v) is 11.4. The van der Waals surface area contributed by atoms with E-state index in [0.717, 1.165) is 16.9 Å². The minimum Gasteiger partial charge on any atom is -0.497 e. The van der Waals surface area contributed by atoms with Crippen molar-refractivity contribution in [1.29, 1.82) is 0 Å². The van der Waals surface area contributed by atoms with E-state index in [1.807, 2.05) is 58.3 Å². The predicted octanol–water partition coefficient (Wildman–Crippen LogP) is 5.45. The van der Waals surface area contributed by atoms with Gasteiger partial charge in [0.2, 0.25) is 5.91 Å². The lowest BCUT2D eigenvalue weighted by Crippen LogP contribution is -2.61. The van der Waals surface area contributed by atoms with Crippen LogP contribution in [0.25, 0.3) is 0 Å². The first-order chi connectivity index (χ1) is 16.0. The van der Waals surface area contributed by atoms with Crippen molar-refractivity contribution in [2.24, 2.45) is 0 Å². The standard InChI is InChI=1S/C28H28N2O3/c1-19(2)21-10-12-22(13-11-21)28-17-16-26(31)30(28)25-7-5-4-6-24(25)27(32)29(28)18-20-8-14-23(33-3)15-9-20/h4-15,19H,16-18H2,1-3H3. The SMILES string of the molecule is COc1ccc(CN2C(=O)c3ccccc3N3C(=O)CCC23c2ccc(C(C)C)cc2)cc1. The minimum absolute atomic E-state index is 0.0441. The average Bonchev–Trinajstić information content (AvgIpc) is 3.20. The maximum atomic E-state index is 13.9. The number of para-hydroxylation sites is 1. The second-order valence-corrected chi connectivity index (χ2v) is 9.08. The Morgan fingerprint density at radius 1 is 0.939 bits per heavy atom. The number of nitrogens with zero attached hydrogens (tertiary/aromatic N) is 2. The van der Waals surface area contributed by atoms with Crippen molar-refractivity contribution in [2.75, 3.05) is 12.0 Å². The van der Waals surface area contributed by atoms with Gasteiger partial charge in [-0.25, -0.2) is 0 Å². The number of benzene rings is 3. The van der Waals surface area contributed by atoms with E-state index in [2.05, 4.69) is 38.1 Å². The highest BCUT2D eigenvalue weighted by atomic mass is 16.5. The number of carbonyl (C=O) groups excluding carboxylic acids is 2. The van der Waals surface area contributed by atoms with E-state index in [1.54, 1.807) is 7.11 Å². The third kappa shape index (κ3) is 3.30. The second kappa shape index (κ2) is 8.07. The van der Waals surface area contributed by atoms with Gasteiger partial charge in [-0.2, -0.15) is 0 Å². The van der Waals surface area contributed by atoms with Gasteiger partial charge in [0.05, 0.1) is 18.4 Å². The summed E-state index contributed by atoms with van der Waals surface area (Å²) in [5, 5.41) is 0. The van der Waals surface area contributed by atoms with Crippen LogP contribution in [0.2, 0.25) is 0 Å². The lowest BCUT2D eigenvalue weighted by Gasteiger charge is -2.51. The van der Waals surface area contributed by atoms with E-state index in [1.165, 1.54) is 5.56 Å². The number of hydrogen-bond acceptors (Lipinski definition) is 3. The van der Waals surface area contributed by atoms with Crippen LogP contribution in [0.5, 0.6) is 5.75 Å². The molecule has 3 aromatic rings. The van der Waals surface area contributed by atoms with Crippen molar-refractivity contribution >= 4 is 17.5 Å². The number of hydrogen-bond donors (Lipinski definition) is 0. The van der Waals surface area contributed by atoms with Crippen LogP contribution in [0.4, 0.5) is 5.69 Å². The van der Waals surface area contributed by atoms with Crippen LogP contribution in [0, 0.1) is 0 Å². The number of ether oxygens (including phenoxy) is 1. The highest BCUT2D eigenvalue weighted by Crippen LogP contribution is 2.50. The zero-order chi connectivity index (χ0) is 23.2. The van der Waals surface area contributed by atoms with E-state index in [0.29, 0.717) is 36.6 Å². The number of rotatable bonds is 5. The summed E-state index contributed by atoms with van der Waals surface area (Å²) in [7, 11) is 1.64. The lowest BCUT2D eigenvalue weighted by molar-refractivity contribution is -0.118. The van der Waals surface area contributed by atoms with Crippen LogP contribution in [0.15, 0.2) is 72.8 Å². The Bertz CT molecular complexity index is 1200. The molecule has 5 nitrogen and oxygen atoms in total. The van der Waals surface area contributed by atoms with E-state index in [4.69, 9.17) is 4.74 Å². The summed E-state index contributed by atoms with van der Waals surface area (Å²) in [5.41, 5.74) is 3.60. The molecular formula is C28H28N2O3. The first-order valence-electron chi connectivity index (χ1n) is 11.4. The molecule has 0 N–H and O–H groups in total. The Kier molecular flexibility index (Phi) is 5.20. The molecule has 5 rings (SSSR count). The molecule has 0 bridgehead atoms. The topological polar surface area (TPSA) is 49.9 Å². The van der Waals surface area contributed by atoms with Crippen molar-refractivity contribution < 1.29 is 14.3 Å². The van der Waals surface area contributed by atoms with Crippen molar-refractivity contribution in [2.45, 2.75) is 44.8 Å². The van der Waals surface area contributed by atoms with E-state index < -0.39 is 5.66 Å². The van der Waals surface area contributed by atoms with Crippen molar-refractivity contribution in [1.82, 2.24) is 4.90 Å². The number of anilines is 1. The molecule has 1 unspecified atom stereocenters. The maximum absolute atomic E-state index is 13.9. The average molecular weight is 441 g/mol. The minimum atomic E-state index is -0.849. The predicted molar refractivity (Wildman–Crippen MR) is 128 cm³/mol. The molecule has 2 aliphatic rings. The first kappa shape index (κ1) is 21.3. The molecule has 0 saturated carbocycles. The summed E-state index contributed by atoms with van der Waals surface area (Å²) in [5.74, 6) is 1.16. The van der Waals surface area contributed by atoms with Crippen LogP contribution in [0.3, 0.4) is 0 Å². The third-order valence-electron chi connectivity index (χ3n) is 6.91. The van der Waals surface area contributed by atoms with Gasteiger partial charge in [-0.05, 0) is 46.9 Å². The normalized spacial score (nSPS) is 19.6. The fraction of sp³-hybridized carbons (Fsp3) is 0.286. The Hall–Kier alpha value is -3.60. The van der Waals surface area contributed by atoms with Gasteiger partial charge in [0.15, 0.2) is 0 Å². The zero-order valence-corrected chi connectivity index (χ0v) is 19.2. The summed E-state index contributed by atoms with van der Waals surface area (Å²) in [4.78, 5) is 30.9. The van der Waals surface area contributed by atoms with Gasteiger partial charge in [0.1, 0.15) is 11.4 Å². The molecule has 1 fully saturated rings. The fourth-order valence-corrected chi connectivity index (χ4v) is 5.14. The smallest absolute Gasteiger partial charge is 0.258 e. The Morgan fingerprint density at radius 3 is 2.30 bits per heavy atom. The molecule has 2 amide bonds. The summed E-state index contributed by atoms with van der Waals surface area (Å²) >= 11 is 0. The van der Waals surface area contributed by atoms with Crippen LogP contribution in [-0.4, -0.2) is 23.8 Å². The summed E-state index contributed by atoms with van der Waals surface area (Å²) in [6.45, 7) is 4.72. The number of fused-ring (bicyclic) bond motifs is 3. The Balaban J connectivity index is 1.68. The van der Waals surface area contributed by atoms with Crippen molar-refractivity contribution in [3.8, 4) is 5.75 Å². The molecule has 3 aromatic carbocycles. The zero-order valence-electron chi connectivity index (χ0n) is 19.2. The van der Waals surface area contributed by atoms with E-state index in [-0.39, 0.29) is 11.8 Å². The highest BCUT2D eigenvalue weighted by Gasteiger charge is 2.57. The molecule has 5 heteroatoms. The van der Waals surface area contributed by atoms with Gasteiger partial charge < -0.3 is 9.64 Å². The monoisotopic (exact) mass is 440 g/mol. The molecule has 0 spiro atoms. The maximum Gasteiger partial charge on any atom is 0.258 e. The Morgan fingerprint density at radius 2 is 1.64 bits per heavy atom. The van der Waals surface area contributed by atoms with Crippen molar-refractivity contribution in [3.05, 3.63) is 95.1 Å². The molecule has 1 saturated heterocycles. The van der Waals surface area contributed by atoms with Crippen LogP contribution in [0.1, 0.15) is 59.7 Å². The quantitative estimate of drug-likeness (QED) is 0.530. The number of amides is 2. The highest BCUT2D eigenvalue weighted by molar-refractivity contribution is 6.10. The molecule has 168 valence electrons. The molecular weight excluding hydrogens is 412 g/mol. The van der Waals surface area contributed by atoms with Crippen LogP contribution in [-0.2, 0) is 17.0 Å². The van der Waals surface area contributed by atoms with Crippen molar-refractivity contribution in [3.63, 3.8) is 0 Å². The van der Waals surface area contributed by atoms with Gasteiger partial charge in [-0.3, -0.25) is 14.5 Å². The van der Waals surface area contributed by atoms with Crippen LogP contribution < -0.4 is 9.64 Å². The molecule has 2 aliphatic heterocycles. The third-order valence-corrected chi connectivity index (χ3v) is 6.91. The van der Waals surface area contributed by atoms with E-state index >= 15 is 0 Å². The van der Waals surface area contributed by atoms with Gasteiger partial charge in [0, 0.05) is 19.4 Å². The van der Waals surface area contributed by atoms with Gasteiger partial charge in [-0.15, -0.1) is 0 Å². The summed E-state index contributed by atoms with van der Waals surface area (Å²) < 4.78 is 5.30. The van der Waals surface area contributed by atoms with Gasteiger partial charge >= 0.3 is 0 Å². The Labute approximate surface area is 194 Å².